The molecule has 1 rings (SSSR count). The maximum atomic E-state index is 3.36. The van der Waals surface area contributed by atoms with Crippen LogP contribution in [0.15, 0.2) is 0 Å². The Morgan fingerprint density at radius 1 is 1.60 bits per heavy atom. The van der Waals surface area contributed by atoms with E-state index in [1.54, 1.807) is 0 Å². The lowest BCUT2D eigenvalue weighted by molar-refractivity contribution is 0.806. The monoisotopic (exact) mass is 87.0 g/mol. The van der Waals surface area contributed by atoms with Gasteiger partial charge in [-0.3, -0.25) is 0 Å². The molecule has 1 aliphatic rings. The highest BCUT2D eigenvalue weighted by Gasteiger charge is 2.01. The number of hydrogen-bond donors (Lipinski definition) is 1. The van der Waals surface area contributed by atoms with E-state index in [0.29, 0.717) is 0 Å². The molecule has 1 aliphatic heterocycles. The molecule has 0 spiro atoms. The van der Waals surface area contributed by atoms with Gasteiger partial charge in [-0.15, -0.1) is 8.86 Å². The van der Waals surface area contributed by atoms with Crippen molar-refractivity contribution in [3.05, 3.63) is 0 Å². The van der Waals surface area contributed by atoms with E-state index >= 15 is 0 Å². The van der Waals surface area contributed by atoms with E-state index in [2.05, 4.69) is 14.2 Å². The van der Waals surface area contributed by atoms with Crippen LogP contribution >= 0.6 is 8.86 Å². The Morgan fingerprint density at radius 2 is 2.00 bits per heavy atom. The highest BCUT2D eigenvalue weighted by molar-refractivity contribution is 7.21. The van der Waals surface area contributed by atoms with Crippen LogP contribution in [0.25, 0.3) is 0 Å². The lowest BCUT2D eigenvalue weighted by atomic mass is 10.3. The predicted octanol–water partition coefficient (Wildman–Crippen LogP) is -0.0952. The lowest BCUT2D eigenvalue weighted by Gasteiger charge is -2.14. The molecule has 0 aromatic rings. The molecule has 28 valence electrons. The van der Waals surface area contributed by atoms with Gasteiger partial charge in [0.1, 0.15) is 0 Å². The van der Waals surface area contributed by atoms with E-state index in [1.807, 2.05) is 0 Å². The van der Waals surface area contributed by atoms with E-state index < -0.39 is 0 Å². The van der Waals surface area contributed by atoms with Crippen molar-refractivity contribution in [3.63, 3.8) is 0 Å². The third-order valence-electron chi connectivity index (χ3n) is 0.677. The second-order valence-electron chi connectivity index (χ2n) is 1.21. The third kappa shape index (κ3) is 0.499. The fourth-order valence-electron chi connectivity index (χ4n) is 0.250. The van der Waals surface area contributed by atoms with Crippen molar-refractivity contribution in [1.29, 1.82) is 0 Å². The summed E-state index contributed by atoms with van der Waals surface area (Å²) in [6, 6.07) is 0. The number of nitrogens with one attached hydrogen (secondary N) is 1. The van der Waals surface area contributed by atoms with Gasteiger partial charge in [0.15, 0.2) is 0 Å². The zero-order chi connectivity index (χ0) is 3.70. The van der Waals surface area contributed by atoms with Crippen molar-refractivity contribution in [2.45, 2.75) is 0 Å². The van der Waals surface area contributed by atoms with Gasteiger partial charge in [-0.1, -0.05) is 0 Å². The maximum Gasteiger partial charge on any atom is 0.0221 e. The topological polar surface area (TPSA) is 12.0 Å². The maximum absolute atomic E-state index is 3.36. The molecule has 1 N–H and O–H groups in total. The highest BCUT2D eigenvalue weighted by atomic mass is 31.0. The minimum atomic E-state index is 1.07. The molecule has 1 fully saturated rings. The summed E-state index contributed by atoms with van der Waals surface area (Å²) >= 11 is 0. The first kappa shape index (κ1) is 3.32. The van der Waals surface area contributed by atoms with Gasteiger partial charge in [0.25, 0.3) is 0 Å². The Hall–Kier alpha value is 0.130. The quantitative estimate of drug-likeness (QED) is 0.407. The highest BCUT2D eigenvalue weighted by Crippen LogP contribution is 1.84. The molecule has 2 heteroatoms. The van der Waals surface area contributed by atoms with Crippen LogP contribution < -0.4 is 5.32 Å². The second-order valence-corrected chi connectivity index (χ2v) is 1.91. The first-order chi connectivity index (χ1) is 2.39. The predicted molar refractivity (Wildman–Crippen MR) is 26.2 cm³/mol. The number of hydrogen-bond acceptors (Lipinski definition) is 1. The van der Waals surface area contributed by atoms with Crippen LogP contribution in [0, 0.1) is 0 Å². The summed E-state index contributed by atoms with van der Waals surface area (Å²) < 4.78 is 0. The average molecular weight is 87.1 g/mol. The molecule has 0 bridgehead atoms. The first-order valence-corrected chi connectivity index (χ1v) is 2.16. The fraction of sp³-hybridized carbons (Fsp3) is 0.667. The van der Waals surface area contributed by atoms with E-state index in [0.717, 1.165) is 13.1 Å². The van der Waals surface area contributed by atoms with Crippen LogP contribution in [0.3, 0.4) is 0 Å². The van der Waals surface area contributed by atoms with E-state index in [-0.39, 0.29) is 0 Å². The standard InChI is InChI=1S/C3H6NP/c5-3-1-4-2-3/h4-5H,1-2H2. The van der Waals surface area contributed by atoms with E-state index in [1.165, 1.54) is 5.29 Å². The van der Waals surface area contributed by atoms with Crippen LogP contribution in [0.1, 0.15) is 0 Å². The van der Waals surface area contributed by atoms with Gasteiger partial charge in [-0.05, 0) is 5.29 Å². The number of rotatable bonds is 0. The van der Waals surface area contributed by atoms with Crippen molar-refractivity contribution in [2.24, 2.45) is 0 Å². The van der Waals surface area contributed by atoms with E-state index in [9.17, 15) is 0 Å². The molecule has 0 unspecified atom stereocenters. The molecular weight excluding hydrogens is 81.0 g/mol. The Balaban J connectivity index is 2.32. The molecule has 0 saturated carbocycles. The third-order valence-corrected chi connectivity index (χ3v) is 1.03. The summed E-state index contributed by atoms with van der Waals surface area (Å²) in [4.78, 5) is 0. The molecule has 0 aromatic carbocycles. The van der Waals surface area contributed by atoms with Crippen LogP contribution in [-0.4, -0.2) is 18.4 Å². The molecule has 0 aromatic heterocycles. The van der Waals surface area contributed by atoms with Gasteiger partial charge in [-0.25, -0.2) is 0 Å². The van der Waals surface area contributed by atoms with Gasteiger partial charge in [0, 0.05) is 13.1 Å². The van der Waals surface area contributed by atoms with Crippen molar-refractivity contribution in [3.8, 4) is 0 Å². The Labute approximate surface area is 33.6 Å². The summed E-state index contributed by atoms with van der Waals surface area (Å²) in [6.07, 6.45) is 0. The zero-order valence-electron chi connectivity index (χ0n) is 2.91. The molecule has 5 heavy (non-hydrogen) atoms. The van der Waals surface area contributed by atoms with Gasteiger partial charge in [0.2, 0.25) is 0 Å². The molecule has 1 saturated heterocycles. The summed E-state index contributed by atoms with van der Waals surface area (Å²) in [5.74, 6) is 0. The SMILES string of the molecule is P=C1CNC1. The van der Waals surface area contributed by atoms with Crippen molar-refractivity contribution < 1.29 is 0 Å². The lowest BCUT2D eigenvalue weighted by Crippen LogP contribution is -2.40. The van der Waals surface area contributed by atoms with Gasteiger partial charge < -0.3 is 5.32 Å². The van der Waals surface area contributed by atoms with Crippen molar-refractivity contribution in [1.82, 2.24) is 5.32 Å². The van der Waals surface area contributed by atoms with Crippen LogP contribution in [0.4, 0.5) is 0 Å². The molecule has 0 radical (unpaired) electrons. The minimum absolute atomic E-state index is 1.07. The van der Waals surface area contributed by atoms with E-state index in [4.69, 9.17) is 0 Å². The summed E-state index contributed by atoms with van der Waals surface area (Å²) in [5, 5.41) is 4.45. The first-order valence-electron chi connectivity index (χ1n) is 1.66. The Kier molecular flexibility index (Phi) is 0.716. The molecule has 1 nitrogen and oxygen atoms in total. The summed E-state index contributed by atoms with van der Waals surface area (Å²) in [7, 11) is 3.36. The van der Waals surface area contributed by atoms with Crippen LogP contribution in [0.2, 0.25) is 0 Å². The molecule has 1 heterocycles. The summed E-state index contributed by atoms with van der Waals surface area (Å²) in [5.41, 5.74) is 0. The van der Waals surface area contributed by atoms with Gasteiger partial charge in [0.05, 0.1) is 0 Å². The largest absolute Gasteiger partial charge is 0.309 e. The van der Waals surface area contributed by atoms with Gasteiger partial charge in [-0.2, -0.15) is 0 Å². The average Bonchev–Trinajstić information content (AvgIpc) is 1.30. The van der Waals surface area contributed by atoms with Crippen LogP contribution in [0.5, 0.6) is 0 Å². The molecule has 0 atom stereocenters. The van der Waals surface area contributed by atoms with Gasteiger partial charge >= 0.3 is 0 Å². The molecular formula is C3H6NP. The summed E-state index contributed by atoms with van der Waals surface area (Å²) in [6.45, 7) is 2.13. The second kappa shape index (κ2) is 1.08. The van der Waals surface area contributed by atoms with Crippen molar-refractivity contribution >= 4 is 14.2 Å². The zero-order valence-corrected chi connectivity index (χ0v) is 3.91. The smallest absolute Gasteiger partial charge is 0.0221 e. The minimum Gasteiger partial charge on any atom is -0.309 e. The molecule has 0 amide bonds. The Bertz CT molecular complexity index is 53.9. The fourth-order valence-corrected chi connectivity index (χ4v) is 0.500. The Morgan fingerprint density at radius 3 is 2.00 bits per heavy atom. The van der Waals surface area contributed by atoms with Crippen LogP contribution in [-0.2, 0) is 0 Å². The molecule has 0 aliphatic carbocycles. The van der Waals surface area contributed by atoms with Crippen molar-refractivity contribution in [2.75, 3.05) is 13.1 Å². The normalized spacial score (nSPS) is 22.0.